The molecule has 13 nitrogen and oxygen atoms in total. The van der Waals surface area contributed by atoms with Crippen molar-refractivity contribution in [1.29, 1.82) is 0 Å². The molecule has 2 atom stereocenters. The predicted octanol–water partition coefficient (Wildman–Crippen LogP) is 4.45. The number of nitrogens with one attached hydrogen (secondary N) is 1. The lowest BCUT2D eigenvalue weighted by Crippen LogP contribution is -2.45. The Morgan fingerprint density at radius 3 is 2.47 bits per heavy atom. The van der Waals surface area contributed by atoms with E-state index in [0.29, 0.717) is 6.61 Å². The normalized spacial score (nSPS) is 15.7. The van der Waals surface area contributed by atoms with Crippen LogP contribution in [0.4, 0.5) is 11.4 Å². The van der Waals surface area contributed by atoms with Gasteiger partial charge in [-0.25, -0.2) is 31.5 Å². The highest BCUT2D eigenvalue weighted by Gasteiger charge is 2.39. The summed E-state index contributed by atoms with van der Waals surface area (Å²) in [7, 11) is -6.60. The summed E-state index contributed by atoms with van der Waals surface area (Å²) < 4.78 is 63.4. The zero-order chi connectivity index (χ0) is 32.8. The number of fused-ring (bicyclic) bond motifs is 1. The maximum atomic E-state index is 14.2. The number of sulfonamides is 2. The number of benzene rings is 2. The lowest BCUT2D eigenvalue weighted by Gasteiger charge is -2.30. The molecule has 2 unspecified atom stereocenters. The van der Waals surface area contributed by atoms with Crippen LogP contribution in [0.25, 0.3) is 0 Å². The molecule has 1 N–H and O–H groups in total. The minimum atomic E-state index is -4.04. The molecule has 0 radical (unpaired) electrons. The number of nitrogens with zero attached hydrogens (tertiary/aromatic N) is 6. The van der Waals surface area contributed by atoms with Crippen LogP contribution in [0, 0.1) is 5.92 Å². The lowest BCUT2D eigenvalue weighted by molar-refractivity contribution is -0.117. The standard InChI is InChI=1S/C30H41N7O6S2/c1-6-10-13-22(7-2)19-43-26-17-16-23(44(39,40)36(8-3)9-4)18-25(26)34-30(38)28(37-21-31-20-32-37)29-33-24-14-11-12-15-27(24)45(41,42)35(29)5/h11-12,14-18,20-22,28H,6-10,13,19H2,1-5H3,(H,34,38). The molecule has 4 rings (SSSR count). The molecule has 1 aromatic heterocycles. The molecule has 0 aliphatic carbocycles. The minimum Gasteiger partial charge on any atom is -0.491 e. The third-order valence-corrected chi connectivity index (χ3v) is 11.7. The van der Waals surface area contributed by atoms with Gasteiger partial charge < -0.3 is 10.1 Å². The van der Waals surface area contributed by atoms with Crippen molar-refractivity contribution in [2.24, 2.45) is 10.9 Å². The smallest absolute Gasteiger partial charge is 0.267 e. The molecule has 0 fully saturated rings. The van der Waals surface area contributed by atoms with Gasteiger partial charge in [0.15, 0.2) is 11.9 Å². The zero-order valence-electron chi connectivity index (χ0n) is 26.2. The molecule has 1 amide bonds. The third-order valence-electron chi connectivity index (χ3n) is 7.83. The maximum absolute atomic E-state index is 14.2. The van der Waals surface area contributed by atoms with Crippen molar-refractivity contribution in [1.82, 2.24) is 23.4 Å². The number of hydrogen-bond acceptors (Lipinski definition) is 9. The molecule has 0 spiro atoms. The summed E-state index contributed by atoms with van der Waals surface area (Å²) in [5, 5.41) is 6.93. The molecule has 1 aliphatic rings. The average molecular weight is 660 g/mol. The Balaban J connectivity index is 1.78. The van der Waals surface area contributed by atoms with E-state index in [2.05, 4.69) is 34.2 Å². The van der Waals surface area contributed by atoms with Gasteiger partial charge in [0.1, 0.15) is 23.3 Å². The Morgan fingerprint density at radius 2 is 1.82 bits per heavy atom. The van der Waals surface area contributed by atoms with Crippen molar-refractivity contribution in [3.8, 4) is 5.75 Å². The monoisotopic (exact) mass is 659 g/mol. The fraction of sp³-hybridized carbons (Fsp3) is 0.467. The van der Waals surface area contributed by atoms with Gasteiger partial charge in [-0.3, -0.25) is 9.10 Å². The zero-order valence-corrected chi connectivity index (χ0v) is 27.9. The van der Waals surface area contributed by atoms with Gasteiger partial charge in [-0.05, 0) is 42.7 Å². The number of amidine groups is 1. The molecule has 45 heavy (non-hydrogen) atoms. The van der Waals surface area contributed by atoms with Crippen LogP contribution in [0.2, 0.25) is 0 Å². The second-order valence-electron chi connectivity index (χ2n) is 10.7. The number of amides is 1. The molecular formula is C30H41N7O6S2. The van der Waals surface area contributed by atoms with Crippen LogP contribution >= 0.6 is 0 Å². The van der Waals surface area contributed by atoms with Gasteiger partial charge in [-0.1, -0.05) is 59.1 Å². The summed E-state index contributed by atoms with van der Waals surface area (Å²) in [5.74, 6) is -0.283. The molecule has 15 heteroatoms. The highest BCUT2D eigenvalue weighted by Crippen LogP contribution is 2.35. The first-order chi connectivity index (χ1) is 21.5. The van der Waals surface area contributed by atoms with Gasteiger partial charge in [-0.15, -0.1) is 0 Å². The van der Waals surface area contributed by atoms with Crippen molar-refractivity contribution in [2.45, 2.75) is 69.2 Å². The van der Waals surface area contributed by atoms with Crippen LogP contribution in [0.5, 0.6) is 5.75 Å². The lowest BCUT2D eigenvalue weighted by atomic mass is 10.0. The Bertz CT molecular complexity index is 1720. The second-order valence-corrected chi connectivity index (χ2v) is 14.5. The summed E-state index contributed by atoms with van der Waals surface area (Å²) in [5.41, 5.74) is 0.295. The van der Waals surface area contributed by atoms with Gasteiger partial charge >= 0.3 is 0 Å². The highest BCUT2D eigenvalue weighted by molar-refractivity contribution is 7.90. The molecule has 1 aliphatic heterocycles. The number of rotatable bonds is 15. The van der Waals surface area contributed by atoms with Gasteiger partial charge in [0.05, 0.1) is 22.9 Å². The van der Waals surface area contributed by atoms with Crippen LogP contribution in [-0.2, 0) is 24.8 Å². The fourth-order valence-electron chi connectivity index (χ4n) is 5.08. The van der Waals surface area contributed by atoms with E-state index in [4.69, 9.17) is 4.74 Å². The number of hydrogen-bond donors (Lipinski definition) is 1. The number of para-hydroxylation sites is 1. The molecular weight excluding hydrogens is 619 g/mol. The highest BCUT2D eigenvalue weighted by atomic mass is 32.2. The van der Waals surface area contributed by atoms with Crippen molar-refractivity contribution in [3.63, 3.8) is 0 Å². The summed E-state index contributed by atoms with van der Waals surface area (Å²) in [6, 6.07) is 9.22. The Morgan fingerprint density at radius 1 is 1.09 bits per heavy atom. The second kappa shape index (κ2) is 14.5. The molecule has 2 heterocycles. The molecule has 2 aromatic carbocycles. The number of aromatic nitrogens is 3. The van der Waals surface area contributed by atoms with Crippen LogP contribution in [-0.4, -0.2) is 78.7 Å². The van der Waals surface area contributed by atoms with Crippen LogP contribution in [0.1, 0.15) is 59.4 Å². The first-order valence-electron chi connectivity index (χ1n) is 15.1. The van der Waals surface area contributed by atoms with E-state index in [1.807, 2.05) is 0 Å². The van der Waals surface area contributed by atoms with Crippen molar-refractivity contribution in [2.75, 3.05) is 32.1 Å². The number of likely N-dealkylation sites (N-methyl/N-ethyl adjacent to an activating group) is 1. The first kappa shape index (κ1) is 34.1. The summed E-state index contributed by atoms with van der Waals surface area (Å²) in [6.07, 6.45) is 6.48. The number of carbonyl (C=O) groups is 1. The van der Waals surface area contributed by atoms with Crippen molar-refractivity contribution in [3.05, 3.63) is 55.1 Å². The predicted molar refractivity (Wildman–Crippen MR) is 172 cm³/mol. The topological polar surface area (TPSA) is 156 Å². The number of ether oxygens (including phenoxy) is 1. The van der Waals surface area contributed by atoms with Gasteiger partial charge in [-0.2, -0.15) is 9.40 Å². The van der Waals surface area contributed by atoms with Gasteiger partial charge in [0.25, 0.3) is 15.9 Å². The van der Waals surface area contributed by atoms with Crippen molar-refractivity contribution >= 4 is 43.2 Å². The van der Waals surface area contributed by atoms with Gasteiger partial charge in [0.2, 0.25) is 10.0 Å². The molecule has 3 aromatic rings. The summed E-state index contributed by atoms with van der Waals surface area (Å²) in [6.45, 7) is 8.62. The minimum absolute atomic E-state index is 0.00699. The maximum Gasteiger partial charge on any atom is 0.267 e. The molecule has 244 valence electrons. The van der Waals surface area contributed by atoms with E-state index in [-0.39, 0.29) is 51.8 Å². The van der Waals surface area contributed by atoms with Crippen LogP contribution in [0.15, 0.2) is 69.9 Å². The van der Waals surface area contributed by atoms with Crippen molar-refractivity contribution < 1.29 is 26.4 Å². The first-order valence-corrected chi connectivity index (χ1v) is 18.0. The van der Waals surface area contributed by atoms with E-state index >= 15 is 0 Å². The van der Waals surface area contributed by atoms with E-state index < -0.39 is 32.0 Å². The van der Waals surface area contributed by atoms with E-state index in [1.165, 1.54) is 53.0 Å². The Hall–Kier alpha value is -3.82. The molecule has 0 saturated carbocycles. The van der Waals surface area contributed by atoms with E-state index in [1.54, 1.807) is 32.0 Å². The largest absolute Gasteiger partial charge is 0.491 e. The quantitative estimate of drug-likeness (QED) is 0.251. The average Bonchev–Trinajstić information content (AvgIpc) is 3.55. The third kappa shape index (κ3) is 7.20. The van der Waals surface area contributed by atoms with Crippen LogP contribution in [0.3, 0.4) is 0 Å². The summed E-state index contributed by atoms with van der Waals surface area (Å²) >= 11 is 0. The SMILES string of the molecule is CCCCC(CC)COc1ccc(S(=O)(=O)N(CC)CC)cc1NC(=O)C(C1=Nc2ccccc2S(=O)(=O)N1C)n1cncn1. The van der Waals surface area contributed by atoms with E-state index in [9.17, 15) is 21.6 Å². The Kier molecular flexibility index (Phi) is 11.0. The number of carbonyl (C=O) groups excluding carboxylic acids is 1. The number of unbranched alkanes of at least 4 members (excludes halogenated alkanes) is 1. The number of aliphatic imine (C=N–C) groups is 1. The molecule has 0 saturated heterocycles. The van der Waals surface area contributed by atoms with Crippen LogP contribution < -0.4 is 10.1 Å². The Labute approximate surface area is 265 Å². The summed E-state index contributed by atoms with van der Waals surface area (Å²) in [4.78, 5) is 22.6. The van der Waals surface area contributed by atoms with Gasteiger partial charge in [0, 0.05) is 20.1 Å². The molecule has 0 bridgehead atoms. The van der Waals surface area contributed by atoms with E-state index in [0.717, 1.165) is 30.0 Å². The number of anilines is 1. The fourth-order valence-corrected chi connectivity index (χ4v) is 7.88.